The molecule has 2 aromatic rings. The van der Waals surface area contributed by atoms with Gasteiger partial charge in [0.2, 0.25) is 6.79 Å². The quantitative estimate of drug-likeness (QED) is 0.731. The highest BCUT2D eigenvalue weighted by atomic mass is 35.5. The Morgan fingerprint density at radius 3 is 2.70 bits per heavy atom. The number of amides is 2. The van der Waals surface area contributed by atoms with Crippen LogP contribution in [-0.4, -0.2) is 37.7 Å². The third-order valence-corrected chi connectivity index (χ3v) is 3.74. The molecule has 140 valence electrons. The smallest absolute Gasteiger partial charge is 0.325 e. The molecule has 0 fully saturated rings. The number of hydrogen-bond acceptors (Lipinski definition) is 6. The van der Waals surface area contributed by atoms with E-state index in [4.69, 9.17) is 25.8 Å². The number of nitrogens with one attached hydrogen (secondary N) is 2. The third-order valence-electron chi connectivity index (χ3n) is 3.50. The van der Waals surface area contributed by atoms with E-state index in [2.05, 4.69) is 10.6 Å². The van der Waals surface area contributed by atoms with Gasteiger partial charge in [0, 0.05) is 16.3 Å². The molecule has 2 N–H and O–H groups in total. The van der Waals surface area contributed by atoms with Gasteiger partial charge in [0.25, 0.3) is 11.8 Å². The highest BCUT2D eigenvalue weighted by Crippen LogP contribution is 2.32. The SMILES string of the molecule is O=C(COC(=O)CNC(=O)c1ccc2c(c1)OCO2)Nc1cccc(Cl)c1. The summed E-state index contributed by atoms with van der Waals surface area (Å²) in [6, 6.07) is 11.2. The summed E-state index contributed by atoms with van der Waals surface area (Å²) in [7, 11) is 0. The first kappa shape index (κ1) is 18.5. The zero-order chi connectivity index (χ0) is 19.2. The molecular weight excluding hydrogens is 376 g/mol. The molecule has 0 radical (unpaired) electrons. The molecule has 1 heterocycles. The zero-order valence-electron chi connectivity index (χ0n) is 14.0. The molecule has 1 aliphatic rings. The van der Waals surface area contributed by atoms with Crippen LogP contribution < -0.4 is 20.1 Å². The number of halogens is 1. The van der Waals surface area contributed by atoms with Gasteiger partial charge in [-0.25, -0.2) is 0 Å². The summed E-state index contributed by atoms with van der Waals surface area (Å²) in [5.74, 6) is -0.730. The van der Waals surface area contributed by atoms with Crippen molar-refractivity contribution in [3.8, 4) is 11.5 Å². The van der Waals surface area contributed by atoms with Gasteiger partial charge in [0.15, 0.2) is 18.1 Å². The molecule has 0 atom stereocenters. The van der Waals surface area contributed by atoms with Gasteiger partial charge in [-0.15, -0.1) is 0 Å². The Kier molecular flexibility index (Phi) is 5.77. The van der Waals surface area contributed by atoms with Gasteiger partial charge in [-0.2, -0.15) is 0 Å². The van der Waals surface area contributed by atoms with Gasteiger partial charge in [-0.3, -0.25) is 14.4 Å². The predicted octanol–water partition coefficient (Wildman–Crippen LogP) is 1.98. The molecular formula is C18H15ClN2O6. The second kappa shape index (κ2) is 8.41. The minimum atomic E-state index is -0.745. The maximum atomic E-state index is 12.1. The van der Waals surface area contributed by atoms with Crippen LogP contribution in [0.25, 0.3) is 0 Å². The summed E-state index contributed by atoms with van der Waals surface area (Å²) in [4.78, 5) is 35.5. The van der Waals surface area contributed by atoms with E-state index in [0.29, 0.717) is 27.8 Å². The molecule has 3 rings (SSSR count). The van der Waals surface area contributed by atoms with Crippen molar-refractivity contribution in [2.45, 2.75) is 0 Å². The van der Waals surface area contributed by atoms with Crippen LogP contribution in [0.3, 0.4) is 0 Å². The first-order valence-corrected chi connectivity index (χ1v) is 8.28. The van der Waals surface area contributed by atoms with Gasteiger partial charge in [-0.05, 0) is 36.4 Å². The first-order valence-electron chi connectivity index (χ1n) is 7.90. The van der Waals surface area contributed by atoms with Crippen LogP contribution in [-0.2, 0) is 14.3 Å². The predicted molar refractivity (Wildman–Crippen MR) is 95.9 cm³/mol. The van der Waals surface area contributed by atoms with Gasteiger partial charge in [0.1, 0.15) is 6.54 Å². The van der Waals surface area contributed by atoms with Crippen LogP contribution >= 0.6 is 11.6 Å². The number of hydrogen-bond donors (Lipinski definition) is 2. The van der Waals surface area contributed by atoms with E-state index >= 15 is 0 Å². The first-order chi connectivity index (χ1) is 13.0. The Bertz CT molecular complexity index is 886. The van der Waals surface area contributed by atoms with Crippen LogP contribution in [0.4, 0.5) is 5.69 Å². The molecule has 0 spiro atoms. The molecule has 0 saturated heterocycles. The van der Waals surface area contributed by atoms with Crippen LogP contribution in [0.2, 0.25) is 5.02 Å². The number of fused-ring (bicyclic) bond motifs is 1. The molecule has 2 amide bonds. The Hall–Kier alpha value is -3.26. The minimum Gasteiger partial charge on any atom is -0.454 e. The van der Waals surface area contributed by atoms with E-state index in [1.165, 1.54) is 6.07 Å². The Labute approximate surface area is 159 Å². The molecule has 0 unspecified atom stereocenters. The molecule has 27 heavy (non-hydrogen) atoms. The van der Waals surface area contributed by atoms with E-state index in [0.717, 1.165) is 0 Å². The van der Waals surface area contributed by atoms with Crippen molar-refractivity contribution in [1.29, 1.82) is 0 Å². The summed E-state index contributed by atoms with van der Waals surface area (Å²) in [6.45, 7) is -0.757. The standard InChI is InChI=1S/C18H15ClN2O6/c19-12-2-1-3-13(7-12)21-16(22)9-25-17(23)8-20-18(24)11-4-5-14-15(6-11)27-10-26-14/h1-7H,8-10H2,(H,20,24)(H,21,22). The van der Waals surface area contributed by atoms with E-state index in [1.807, 2.05) is 0 Å². The van der Waals surface area contributed by atoms with Crippen LogP contribution in [0.1, 0.15) is 10.4 Å². The lowest BCUT2D eigenvalue weighted by Crippen LogP contribution is -2.32. The van der Waals surface area contributed by atoms with Gasteiger partial charge < -0.3 is 24.8 Å². The van der Waals surface area contributed by atoms with Crippen molar-refractivity contribution in [3.05, 3.63) is 53.1 Å². The summed E-state index contributed by atoms with van der Waals surface area (Å²) < 4.78 is 15.2. The molecule has 1 aliphatic heterocycles. The largest absolute Gasteiger partial charge is 0.454 e. The molecule has 2 aromatic carbocycles. The van der Waals surface area contributed by atoms with Crippen molar-refractivity contribution in [1.82, 2.24) is 5.32 Å². The van der Waals surface area contributed by atoms with Crippen molar-refractivity contribution in [3.63, 3.8) is 0 Å². The Morgan fingerprint density at radius 1 is 1.07 bits per heavy atom. The minimum absolute atomic E-state index is 0.101. The number of carbonyl (C=O) groups excluding carboxylic acids is 3. The van der Waals surface area contributed by atoms with E-state index in [-0.39, 0.29) is 13.3 Å². The normalized spacial score (nSPS) is 11.6. The van der Waals surface area contributed by atoms with Crippen molar-refractivity contribution in [2.24, 2.45) is 0 Å². The summed E-state index contributed by atoms with van der Waals surface area (Å²) >= 11 is 5.82. The average Bonchev–Trinajstić information content (AvgIpc) is 3.12. The topological polar surface area (TPSA) is 103 Å². The van der Waals surface area contributed by atoms with E-state index in [9.17, 15) is 14.4 Å². The van der Waals surface area contributed by atoms with Crippen LogP contribution in [0, 0.1) is 0 Å². The monoisotopic (exact) mass is 390 g/mol. The number of ether oxygens (including phenoxy) is 3. The highest BCUT2D eigenvalue weighted by Gasteiger charge is 2.17. The van der Waals surface area contributed by atoms with Gasteiger partial charge >= 0.3 is 5.97 Å². The summed E-state index contributed by atoms with van der Waals surface area (Å²) in [5, 5.41) is 5.42. The number of esters is 1. The fourth-order valence-corrected chi connectivity index (χ4v) is 2.44. The lowest BCUT2D eigenvalue weighted by atomic mass is 10.2. The van der Waals surface area contributed by atoms with Gasteiger partial charge in [-0.1, -0.05) is 17.7 Å². The number of rotatable bonds is 6. The van der Waals surface area contributed by atoms with Crippen molar-refractivity contribution < 1.29 is 28.6 Å². The average molecular weight is 391 g/mol. The second-order valence-electron chi connectivity index (χ2n) is 5.47. The lowest BCUT2D eigenvalue weighted by Gasteiger charge is -2.08. The Balaban J connectivity index is 1.41. The third kappa shape index (κ3) is 5.11. The van der Waals surface area contributed by atoms with E-state index < -0.39 is 24.4 Å². The van der Waals surface area contributed by atoms with E-state index in [1.54, 1.807) is 36.4 Å². The fourth-order valence-electron chi connectivity index (χ4n) is 2.25. The molecule has 8 nitrogen and oxygen atoms in total. The molecule has 9 heteroatoms. The van der Waals surface area contributed by atoms with Crippen molar-refractivity contribution >= 4 is 35.1 Å². The van der Waals surface area contributed by atoms with Crippen LogP contribution in [0.5, 0.6) is 11.5 Å². The highest BCUT2D eigenvalue weighted by molar-refractivity contribution is 6.30. The maximum Gasteiger partial charge on any atom is 0.325 e. The molecule has 0 bridgehead atoms. The zero-order valence-corrected chi connectivity index (χ0v) is 14.7. The molecule has 0 aromatic heterocycles. The summed E-state index contributed by atoms with van der Waals surface area (Å²) in [5.41, 5.74) is 0.797. The summed E-state index contributed by atoms with van der Waals surface area (Å²) in [6.07, 6.45) is 0. The number of anilines is 1. The molecule has 0 saturated carbocycles. The van der Waals surface area contributed by atoms with Crippen LogP contribution in [0.15, 0.2) is 42.5 Å². The number of benzene rings is 2. The molecule has 0 aliphatic carbocycles. The maximum absolute atomic E-state index is 12.1. The Morgan fingerprint density at radius 2 is 1.89 bits per heavy atom. The van der Waals surface area contributed by atoms with Crippen molar-refractivity contribution in [2.75, 3.05) is 25.3 Å². The number of carbonyl (C=O) groups is 3. The lowest BCUT2D eigenvalue weighted by molar-refractivity contribution is -0.146. The van der Waals surface area contributed by atoms with Gasteiger partial charge in [0.05, 0.1) is 0 Å². The fraction of sp³-hybridized carbons (Fsp3) is 0.167. The second-order valence-corrected chi connectivity index (χ2v) is 5.91.